The number of hydrogen-bond donors (Lipinski definition) is 3. The molecular formula is C13H24N6O3. The van der Waals surface area contributed by atoms with Crippen LogP contribution in [0, 0.1) is 6.92 Å². The third-order valence-corrected chi connectivity index (χ3v) is 2.29. The van der Waals surface area contributed by atoms with E-state index >= 15 is 0 Å². The van der Waals surface area contributed by atoms with Crippen LogP contribution in [0.15, 0.2) is 9.52 Å². The highest BCUT2D eigenvalue weighted by atomic mass is 16.6. The number of alkyl carbamates (subject to hydrolysis) is 1. The van der Waals surface area contributed by atoms with Gasteiger partial charge in [0, 0.05) is 20.1 Å². The smallest absolute Gasteiger partial charge is 0.407 e. The Labute approximate surface area is 129 Å². The molecule has 0 saturated heterocycles. The molecule has 0 saturated carbocycles. The number of carbonyl (C=O) groups excluding carboxylic acids is 1. The largest absolute Gasteiger partial charge is 0.444 e. The lowest BCUT2D eigenvalue weighted by Gasteiger charge is -2.19. The van der Waals surface area contributed by atoms with Crippen LogP contribution in [0.1, 0.15) is 32.5 Å². The van der Waals surface area contributed by atoms with E-state index in [1.807, 2.05) is 20.8 Å². The molecule has 0 atom stereocenters. The lowest BCUT2D eigenvalue weighted by Crippen LogP contribution is -2.42. The average molecular weight is 312 g/mol. The van der Waals surface area contributed by atoms with Gasteiger partial charge >= 0.3 is 6.09 Å². The molecule has 0 aliphatic heterocycles. The average Bonchev–Trinajstić information content (AvgIpc) is 2.81. The van der Waals surface area contributed by atoms with Gasteiger partial charge in [0.25, 0.3) is 0 Å². The van der Waals surface area contributed by atoms with Gasteiger partial charge in [0.05, 0.1) is 6.54 Å². The van der Waals surface area contributed by atoms with Crippen LogP contribution in [0.2, 0.25) is 0 Å². The molecule has 9 nitrogen and oxygen atoms in total. The first-order chi connectivity index (χ1) is 10.3. The highest BCUT2D eigenvalue weighted by molar-refractivity contribution is 5.79. The summed E-state index contributed by atoms with van der Waals surface area (Å²) in [6.07, 6.45) is -0.446. The first kappa shape index (κ1) is 17.7. The Kier molecular flexibility index (Phi) is 6.61. The monoisotopic (exact) mass is 312 g/mol. The maximum absolute atomic E-state index is 11.5. The third-order valence-electron chi connectivity index (χ3n) is 2.29. The van der Waals surface area contributed by atoms with Gasteiger partial charge in [-0.25, -0.2) is 4.79 Å². The molecule has 9 heteroatoms. The van der Waals surface area contributed by atoms with Crippen LogP contribution >= 0.6 is 0 Å². The second-order valence-electron chi connectivity index (χ2n) is 5.52. The van der Waals surface area contributed by atoms with E-state index in [9.17, 15) is 4.79 Å². The van der Waals surface area contributed by atoms with Crippen LogP contribution in [0.25, 0.3) is 0 Å². The Bertz CT molecular complexity index is 506. The van der Waals surface area contributed by atoms with Crippen LogP contribution in [-0.2, 0) is 11.3 Å². The van der Waals surface area contributed by atoms with E-state index in [-0.39, 0.29) is 0 Å². The summed E-state index contributed by atoms with van der Waals surface area (Å²) in [7, 11) is 1.65. The number of hydrogen-bond acceptors (Lipinski definition) is 6. The molecule has 0 bridgehead atoms. The highest BCUT2D eigenvalue weighted by Crippen LogP contribution is 2.05. The number of rotatable bonds is 5. The molecule has 1 rings (SSSR count). The van der Waals surface area contributed by atoms with Crippen molar-refractivity contribution in [1.82, 2.24) is 26.1 Å². The predicted molar refractivity (Wildman–Crippen MR) is 81.5 cm³/mol. The summed E-state index contributed by atoms with van der Waals surface area (Å²) in [5, 5.41) is 12.4. The van der Waals surface area contributed by atoms with Crippen molar-refractivity contribution in [3.63, 3.8) is 0 Å². The van der Waals surface area contributed by atoms with Crippen molar-refractivity contribution in [2.24, 2.45) is 4.99 Å². The van der Waals surface area contributed by atoms with Gasteiger partial charge in [-0.05, 0) is 27.7 Å². The van der Waals surface area contributed by atoms with Crippen molar-refractivity contribution in [2.45, 2.75) is 39.8 Å². The van der Waals surface area contributed by atoms with Crippen molar-refractivity contribution in [3.05, 3.63) is 11.7 Å². The van der Waals surface area contributed by atoms with E-state index in [4.69, 9.17) is 9.26 Å². The van der Waals surface area contributed by atoms with Crippen LogP contribution in [-0.4, -0.2) is 47.9 Å². The number of guanidine groups is 1. The number of carbonyl (C=O) groups is 1. The second-order valence-corrected chi connectivity index (χ2v) is 5.52. The number of nitrogens with zero attached hydrogens (tertiary/aromatic N) is 3. The first-order valence-electron chi connectivity index (χ1n) is 7.00. The molecule has 0 aliphatic rings. The van der Waals surface area contributed by atoms with Gasteiger partial charge in [0.2, 0.25) is 5.89 Å². The van der Waals surface area contributed by atoms with Gasteiger partial charge in [0.1, 0.15) is 5.60 Å². The third kappa shape index (κ3) is 7.46. The van der Waals surface area contributed by atoms with Gasteiger partial charge in [-0.1, -0.05) is 5.16 Å². The molecule has 0 spiro atoms. The Hall–Kier alpha value is -2.32. The molecule has 0 aliphatic carbocycles. The summed E-state index contributed by atoms with van der Waals surface area (Å²) in [5.74, 6) is 1.63. The fourth-order valence-corrected chi connectivity index (χ4v) is 1.45. The molecular weight excluding hydrogens is 288 g/mol. The molecule has 0 radical (unpaired) electrons. The summed E-state index contributed by atoms with van der Waals surface area (Å²) in [4.78, 5) is 19.6. The van der Waals surface area contributed by atoms with Gasteiger partial charge in [-0.3, -0.25) is 4.99 Å². The second kappa shape index (κ2) is 8.20. The number of aliphatic imine (C=N–C) groups is 1. The quantitative estimate of drug-likeness (QED) is 0.414. The summed E-state index contributed by atoms with van der Waals surface area (Å²) in [6.45, 7) is 8.49. The lowest BCUT2D eigenvalue weighted by atomic mass is 10.2. The minimum Gasteiger partial charge on any atom is -0.444 e. The molecule has 124 valence electrons. The summed E-state index contributed by atoms with van der Waals surface area (Å²) >= 11 is 0. The van der Waals surface area contributed by atoms with Crippen LogP contribution in [0.4, 0.5) is 4.79 Å². The van der Waals surface area contributed by atoms with Crippen molar-refractivity contribution in [2.75, 3.05) is 20.1 Å². The lowest BCUT2D eigenvalue weighted by molar-refractivity contribution is 0.0529. The highest BCUT2D eigenvalue weighted by Gasteiger charge is 2.15. The molecule has 1 heterocycles. The number of ether oxygens (including phenoxy) is 1. The number of aromatic nitrogens is 2. The summed E-state index contributed by atoms with van der Waals surface area (Å²) < 4.78 is 10.1. The van der Waals surface area contributed by atoms with E-state index < -0.39 is 11.7 Å². The molecule has 1 aromatic heterocycles. The molecule has 0 fully saturated rings. The molecule has 0 aromatic carbocycles. The van der Waals surface area contributed by atoms with E-state index in [2.05, 4.69) is 31.1 Å². The molecule has 1 amide bonds. The van der Waals surface area contributed by atoms with Crippen molar-refractivity contribution in [1.29, 1.82) is 0 Å². The van der Waals surface area contributed by atoms with Gasteiger partial charge in [0.15, 0.2) is 11.8 Å². The Morgan fingerprint density at radius 2 is 1.95 bits per heavy atom. The van der Waals surface area contributed by atoms with Crippen molar-refractivity contribution in [3.8, 4) is 0 Å². The number of nitrogens with one attached hydrogen (secondary N) is 3. The maximum Gasteiger partial charge on any atom is 0.407 e. The number of aryl methyl sites for hydroxylation is 1. The summed E-state index contributed by atoms with van der Waals surface area (Å²) in [6, 6.07) is 0. The zero-order chi connectivity index (χ0) is 16.6. The zero-order valence-electron chi connectivity index (χ0n) is 13.7. The van der Waals surface area contributed by atoms with Crippen LogP contribution in [0.3, 0.4) is 0 Å². The first-order valence-corrected chi connectivity index (χ1v) is 7.00. The fourth-order valence-electron chi connectivity index (χ4n) is 1.45. The molecule has 3 N–H and O–H groups in total. The SMILES string of the molecule is CN=C(NCCNC(=O)OC(C)(C)C)NCc1nc(C)no1. The Morgan fingerprint density at radius 1 is 1.27 bits per heavy atom. The normalized spacial score (nSPS) is 12.0. The maximum atomic E-state index is 11.5. The van der Waals surface area contributed by atoms with E-state index in [1.54, 1.807) is 14.0 Å². The topological polar surface area (TPSA) is 114 Å². The molecule has 1 aromatic rings. The van der Waals surface area contributed by atoms with E-state index in [1.165, 1.54) is 0 Å². The number of amides is 1. The van der Waals surface area contributed by atoms with E-state index in [0.717, 1.165) is 0 Å². The fraction of sp³-hybridized carbons (Fsp3) is 0.692. The zero-order valence-corrected chi connectivity index (χ0v) is 13.7. The standard InChI is InChI=1S/C13H24N6O3/c1-9-18-10(22-19-9)8-17-11(14-5)15-6-7-16-12(20)21-13(2,3)4/h6-8H2,1-5H3,(H,16,20)(H2,14,15,17). The predicted octanol–water partition coefficient (Wildman–Crippen LogP) is 0.568. The minimum absolute atomic E-state index is 0.375. The van der Waals surface area contributed by atoms with Gasteiger partial charge < -0.3 is 25.2 Å². The van der Waals surface area contributed by atoms with Crippen molar-refractivity contribution < 1.29 is 14.1 Å². The van der Waals surface area contributed by atoms with Crippen LogP contribution < -0.4 is 16.0 Å². The van der Waals surface area contributed by atoms with Gasteiger partial charge in [-0.2, -0.15) is 4.98 Å². The Morgan fingerprint density at radius 3 is 2.50 bits per heavy atom. The summed E-state index contributed by atoms with van der Waals surface area (Å²) in [5.41, 5.74) is -0.503. The Balaban J connectivity index is 2.20. The van der Waals surface area contributed by atoms with Crippen LogP contribution in [0.5, 0.6) is 0 Å². The van der Waals surface area contributed by atoms with Crippen molar-refractivity contribution >= 4 is 12.1 Å². The molecule has 0 unspecified atom stereocenters. The van der Waals surface area contributed by atoms with E-state index in [0.29, 0.717) is 37.3 Å². The molecule has 22 heavy (non-hydrogen) atoms. The van der Waals surface area contributed by atoms with Gasteiger partial charge in [-0.15, -0.1) is 0 Å². The minimum atomic E-state index is -0.503.